The Morgan fingerprint density at radius 3 is 2.70 bits per heavy atom. The number of halogens is 4. The van der Waals surface area contributed by atoms with Crippen molar-refractivity contribution in [1.29, 1.82) is 0 Å². The maximum Gasteiger partial charge on any atom is 0.396 e. The van der Waals surface area contributed by atoms with Crippen molar-refractivity contribution >= 4 is 29.5 Å². The minimum absolute atomic E-state index is 0.0114. The molecule has 1 aliphatic rings. The SMILES string of the molecule is Cc1c(SNC(=O)c2ccc(-n3ccc(COCC4(C(F)(F)F)CC4)n3)nc2Cl)cnn1C. The Hall–Kier alpha value is -2.57. The summed E-state index contributed by atoms with van der Waals surface area (Å²) in [5, 5.41) is 8.36. The number of amides is 1. The number of ether oxygens (including phenoxy) is 1. The molecule has 8 nitrogen and oxygen atoms in total. The molecule has 3 aromatic heterocycles. The number of alkyl halides is 3. The fourth-order valence-corrected chi connectivity index (χ4v) is 3.96. The number of hydrogen-bond acceptors (Lipinski definition) is 6. The second-order valence-corrected chi connectivity index (χ2v) is 8.99. The van der Waals surface area contributed by atoms with Crippen LogP contribution in [0.15, 0.2) is 35.5 Å². The highest BCUT2D eigenvalue weighted by Crippen LogP contribution is 2.57. The Morgan fingerprint density at radius 2 is 2.09 bits per heavy atom. The molecule has 3 heterocycles. The Labute approximate surface area is 196 Å². The van der Waals surface area contributed by atoms with Gasteiger partial charge in [-0.1, -0.05) is 11.6 Å². The molecule has 0 radical (unpaired) electrons. The number of carbonyl (C=O) groups is 1. The summed E-state index contributed by atoms with van der Waals surface area (Å²) in [5.41, 5.74) is -0.165. The van der Waals surface area contributed by atoms with E-state index < -0.39 is 17.5 Å². The average molecular weight is 501 g/mol. The fourth-order valence-electron chi connectivity index (χ4n) is 3.03. The van der Waals surface area contributed by atoms with Crippen molar-refractivity contribution < 1.29 is 22.7 Å². The fraction of sp³-hybridized carbons (Fsp3) is 0.400. The minimum atomic E-state index is -4.25. The molecule has 0 bridgehead atoms. The van der Waals surface area contributed by atoms with Crippen LogP contribution >= 0.6 is 23.5 Å². The molecule has 3 aromatic rings. The molecule has 0 spiro atoms. The van der Waals surface area contributed by atoms with E-state index in [0.717, 1.165) is 22.5 Å². The van der Waals surface area contributed by atoms with E-state index in [2.05, 4.69) is 19.9 Å². The monoisotopic (exact) mass is 500 g/mol. The van der Waals surface area contributed by atoms with E-state index in [9.17, 15) is 18.0 Å². The lowest BCUT2D eigenvalue weighted by molar-refractivity contribution is -0.202. The molecule has 1 N–H and O–H groups in total. The van der Waals surface area contributed by atoms with Gasteiger partial charge in [-0.3, -0.25) is 14.2 Å². The standard InChI is InChI=1S/C20H20ClF3N6O2S/c1-12-15(9-25-29(12)2)33-28-18(31)14-3-4-16(26-17(14)21)30-8-5-13(27-30)10-32-11-19(6-7-19)20(22,23)24/h3-5,8-9H,6-7,10-11H2,1-2H3,(H,28,31). The summed E-state index contributed by atoms with van der Waals surface area (Å²) in [6.45, 7) is 1.45. The quantitative estimate of drug-likeness (QED) is 0.367. The van der Waals surface area contributed by atoms with E-state index in [-0.39, 0.29) is 36.8 Å². The maximum atomic E-state index is 13.0. The first-order chi connectivity index (χ1) is 15.6. The number of pyridine rings is 1. The van der Waals surface area contributed by atoms with Crippen molar-refractivity contribution in [1.82, 2.24) is 29.3 Å². The molecule has 0 unspecified atom stereocenters. The molecular weight excluding hydrogens is 481 g/mol. The summed E-state index contributed by atoms with van der Waals surface area (Å²) < 4.78 is 50.0. The van der Waals surface area contributed by atoms with Crippen LogP contribution in [-0.2, 0) is 18.4 Å². The smallest absolute Gasteiger partial charge is 0.374 e. The lowest BCUT2D eigenvalue weighted by atomic mass is 10.1. The van der Waals surface area contributed by atoms with Gasteiger partial charge in [-0.25, -0.2) is 9.67 Å². The van der Waals surface area contributed by atoms with Crippen molar-refractivity contribution in [3.05, 3.63) is 52.7 Å². The van der Waals surface area contributed by atoms with Crippen LogP contribution in [-0.4, -0.2) is 43.2 Å². The van der Waals surface area contributed by atoms with Crippen LogP contribution in [0.2, 0.25) is 5.15 Å². The average Bonchev–Trinajstić information content (AvgIpc) is 3.31. The van der Waals surface area contributed by atoms with Crippen LogP contribution in [0.5, 0.6) is 0 Å². The zero-order chi connectivity index (χ0) is 23.8. The van der Waals surface area contributed by atoms with Crippen LogP contribution in [0.25, 0.3) is 5.82 Å². The molecule has 0 aliphatic heterocycles. The molecule has 13 heteroatoms. The van der Waals surface area contributed by atoms with Gasteiger partial charge in [-0.15, -0.1) is 0 Å². The molecule has 1 amide bonds. The summed E-state index contributed by atoms with van der Waals surface area (Å²) >= 11 is 7.34. The van der Waals surface area contributed by atoms with Gasteiger partial charge in [0.2, 0.25) is 0 Å². The summed E-state index contributed by atoms with van der Waals surface area (Å²) in [6.07, 6.45) is -0.831. The van der Waals surface area contributed by atoms with Crippen LogP contribution in [0.3, 0.4) is 0 Å². The highest BCUT2D eigenvalue weighted by atomic mass is 35.5. The third-order valence-corrected chi connectivity index (χ3v) is 6.68. The Kier molecular flexibility index (Phi) is 6.43. The number of rotatable bonds is 8. The summed E-state index contributed by atoms with van der Waals surface area (Å²) in [6, 6.07) is 4.71. The predicted molar refractivity (Wildman–Crippen MR) is 115 cm³/mol. The lowest BCUT2D eigenvalue weighted by Gasteiger charge is -2.18. The Balaban J connectivity index is 1.35. The predicted octanol–water partition coefficient (Wildman–Crippen LogP) is 4.26. The van der Waals surface area contributed by atoms with Gasteiger partial charge in [0.15, 0.2) is 5.82 Å². The van der Waals surface area contributed by atoms with Gasteiger partial charge in [0.05, 0.1) is 46.7 Å². The number of aromatic nitrogens is 5. The van der Waals surface area contributed by atoms with Gasteiger partial charge in [-0.2, -0.15) is 23.4 Å². The van der Waals surface area contributed by atoms with Crippen molar-refractivity contribution in [3.63, 3.8) is 0 Å². The minimum Gasteiger partial charge on any atom is -0.374 e. The molecule has 0 aromatic carbocycles. The van der Waals surface area contributed by atoms with Gasteiger partial charge >= 0.3 is 6.18 Å². The van der Waals surface area contributed by atoms with Gasteiger partial charge in [0, 0.05) is 13.2 Å². The normalized spacial score (nSPS) is 15.0. The van der Waals surface area contributed by atoms with Crippen LogP contribution in [0.4, 0.5) is 13.2 Å². The van der Waals surface area contributed by atoms with Crippen molar-refractivity contribution in [2.75, 3.05) is 6.61 Å². The molecule has 0 saturated heterocycles. The van der Waals surface area contributed by atoms with Crippen LogP contribution in [0, 0.1) is 12.3 Å². The zero-order valence-corrected chi connectivity index (χ0v) is 19.3. The molecule has 176 valence electrons. The van der Waals surface area contributed by atoms with E-state index in [4.69, 9.17) is 16.3 Å². The number of hydrogen-bond donors (Lipinski definition) is 1. The van der Waals surface area contributed by atoms with Crippen molar-refractivity contribution in [3.8, 4) is 5.82 Å². The number of carbonyl (C=O) groups excluding carboxylic acids is 1. The summed E-state index contributed by atoms with van der Waals surface area (Å²) in [4.78, 5) is 17.5. The second-order valence-electron chi connectivity index (χ2n) is 7.78. The van der Waals surface area contributed by atoms with E-state index in [0.29, 0.717) is 11.5 Å². The third kappa shape index (κ3) is 5.02. The first-order valence-electron chi connectivity index (χ1n) is 9.91. The number of aryl methyl sites for hydroxylation is 1. The Bertz CT molecular complexity index is 1180. The first-order valence-corrected chi connectivity index (χ1v) is 11.1. The lowest BCUT2D eigenvalue weighted by Crippen LogP contribution is -2.29. The van der Waals surface area contributed by atoms with E-state index in [1.165, 1.54) is 10.7 Å². The van der Waals surface area contributed by atoms with E-state index in [1.807, 2.05) is 6.92 Å². The summed E-state index contributed by atoms with van der Waals surface area (Å²) in [7, 11) is 1.81. The van der Waals surface area contributed by atoms with Gasteiger partial charge in [0.1, 0.15) is 5.15 Å². The van der Waals surface area contributed by atoms with E-state index >= 15 is 0 Å². The molecule has 33 heavy (non-hydrogen) atoms. The molecule has 4 rings (SSSR count). The van der Waals surface area contributed by atoms with Crippen molar-refractivity contribution in [2.24, 2.45) is 12.5 Å². The maximum absolute atomic E-state index is 13.0. The first kappa shape index (κ1) is 23.6. The van der Waals surface area contributed by atoms with Gasteiger partial charge in [0.25, 0.3) is 5.91 Å². The number of nitrogens with one attached hydrogen (secondary N) is 1. The van der Waals surface area contributed by atoms with Crippen LogP contribution in [0.1, 0.15) is 34.6 Å². The second kappa shape index (κ2) is 8.99. The number of nitrogens with zero attached hydrogens (tertiary/aromatic N) is 5. The molecule has 0 atom stereocenters. The third-order valence-electron chi connectivity index (χ3n) is 5.48. The van der Waals surface area contributed by atoms with E-state index in [1.54, 1.807) is 36.3 Å². The molecule has 1 aliphatic carbocycles. The summed E-state index contributed by atoms with van der Waals surface area (Å²) in [5.74, 6) is -0.0620. The van der Waals surface area contributed by atoms with Gasteiger partial charge in [-0.05, 0) is 49.9 Å². The molecule has 1 fully saturated rings. The topological polar surface area (TPSA) is 86.9 Å². The molecular formula is C20H20ClF3N6O2S. The zero-order valence-electron chi connectivity index (χ0n) is 17.7. The largest absolute Gasteiger partial charge is 0.396 e. The van der Waals surface area contributed by atoms with Crippen molar-refractivity contribution in [2.45, 2.75) is 37.4 Å². The molecule has 1 saturated carbocycles. The highest BCUT2D eigenvalue weighted by molar-refractivity contribution is 7.98. The Morgan fingerprint density at radius 1 is 1.33 bits per heavy atom. The van der Waals surface area contributed by atoms with Crippen LogP contribution < -0.4 is 4.72 Å². The van der Waals surface area contributed by atoms with Gasteiger partial charge < -0.3 is 4.74 Å². The highest BCUT2D eigenvalue weighted by Gasteiger charge is 2.63.